The molecular formula is C53H37N3O2. The van der Waals surface area contributed by atoms with Gasteiger partial charge in [0.1, 0.15) is 22.3 Å². The molecule has 4 fully saturated rings. The maximum atomic E-state index is 6.63. The molecule has 1 spiro atoms. The number of para-hydroxylation sites is 3. The highest BCUT2D eigenvalue weighted by Crippen LogP contribution is 2.70. The summed E-state index contributed by atoms with van der Waals surface area (Å²) >= 11 is 0. The second-order valence-corrected chi connectivity index (χ2v) is 17.5. The molecule has 4 bridgehead atoms. The first kappa shape index (κ1) is 31.5. The lowest BCUT2D eigenvalue weighted by molar-refractivity contribution is -0.0399. The Morgan fingerprint density at radius 2 is 0.983 bits per heavy atom. The van der Waals surface area contributed by atoms with Crippen LogP contribution in [0, 0.1) is 23.7 Å². The lowest BCUT2D eigenvalue weighted by Gasteiger charge is -2.61. The van der Waals surface area contributed by atoms with Crippen LogP contribution < -0.4 is 0 Å². The Morgan fingerprint density at radius 3 is 1.79 bits per heavy atom. The molecule has 0 atom stereocenters. The maximum absolute atomic E-state index is 6.63. The van der Waals surface area contributed by atoms with Crippen molar-refractivity contribution in [3.05, 3.63) is 151 Å². The molecule has 0 amide bonds. The Bertz CT molecular complexity index is 3360. The molecule has 3 heterocycles. The van der Waals surface area contributed by atoms with Gasteiger partial charge >= 0.3 is 0 Å². The minimum atomic E-state index is -0.00199. The van der Waals surface area contributed by atoms with Crippen molar-refractivity contribution in [2.75, 3.05) is 0 Å². The van der Waals surface area contributed by atoms with Gasteiger partial charge in [-0.25, -0.2) is 15.0 Å². The maximum Gasteiger partial charge on any atom is 0.167 e. The Hall–Kier alpha value is -6.59. The first-order valence-corrected chi connectivity index (χ1v) is 20.9. The summed E-state index contributed by atoms with van der Waals surface area (Å²) in [6.07, 6.45) is 6.73. The third-order valence-electron chi connectivity index (χ3n) is 14.7. The van der Waals surface area contributed by atoms with Crippen molar-refractivity contribution in [3.8, 4) is 45.3 Å². The number of nitrogens with zero attached hydrogens (tertiary/aromatic N) is 3. The van der Waals surface area contributed by atoms with Gasteiger partial charge in [-0.15, -0.1) is 0 Å². The van der Waals surface area contributed by atoms with Crippen LogP contribution in [0.25, 0.3) is 99.9 Å². The van der Waals surface area contributed by atoms with Crippen molar-refractivity contribution in [2.24, 2.45) is 23.7 Å². The van der Waals surface area contributed by atoms with E-state index in [0.29, 0.717) is 29.3 Å². The lowest BCUT2D eigenvalue weighted by Crippen LogP contribution is -2.55. The summed E-state index contributed by atoms with van der Waals surface area (Å²) in [7, 11) is 0. The quantitative estimate of drug-likeness (QED) is 0.180. The van der Waals surface area contributed by atoms with E-state index in [2.05, 4.69) is 103 Å². The molecule has 5 nitrogen and oxygen atoms in total. The van der Waals surface area contributed by atoms with Crippen LogP contribution in [-0.2, 0) is 5.41 Å². The van der Waals surface area contributed by atoms with Gasteiger partial charge in [0.25, 0.3) is 0 Å². The van der Waals surface area contributed by atoms with E-state index < -0.39 is 0 Å². The molecule has 5 aliphatic rings. The Morgan fingerprint density at radius 1 is 0.414 bits per heavy atom. The molecule has 0 radical (unpaired) electrons. The van der Waals surface area contributed by atoms with Crippen LogP contribution in [0.3, 0.4) is 0 Å². The van der Waals surface area contributed by atoms with Crippen molar-refractivity contribution in [1.82, 2.24) is 15.0 Å². The molecule has 3 aromatic heterocycles. The number of furan rings is 2. The summed E-state index contributed by atoms with van der Waals surface area (Å²) in [5.41, 5.74) is 11.8. The number of aromatic nitrogens is 3. The number of benzene rings is 7. The average molecular weight is 748 g/mol. The molecule has 58 heavy (non-hydrogen) atoms. The molecule has 7 aromatic carbocycles. The van der Waals surface area contributed by atoms with Crippen LogP contribution in [-0.4, -0.2) is 15.0 Å². The highest BCUT2D eigenvalue weighted by molar-refractivity contribution is 6.13. The standard InChI is InChI=1S/C53H37N3O2/c1-2-11-34-31(10-1)22-23-42-47(34)48-39(15-8-18-41(48)53(42)32-25-29-24-30(27-32)28-33(53)26-29)51-54-50(38-16-9-21-45-46(38)37-13-4-6-20-44(37)57-45)55-52(56-51)40-17-7-14-36-35-12-3-5-19-43(35)58-49(36)40/h1-23,29-30,32-33H,24-28H2. The minimum absolute atomic E-state index is 0.00199. The Balaban J connectivity index is 1.08. The summed E-state index contributed by atoms with van der Waals surface area (Å²) in [6.45, 7) is 0. The van der Waals surface area contributed by atoms with Gasteiger partial charge in [-0.2, -0.15) is 0 Å². The van der Waals surface area contributed by atoms with Crippen LogP contribution in [0.5, 0.6) is 0 Å². The number of rotatable bonds is 3. The zero-order chi connectivity index (χ0) is 37.7. The van der Waals surface area contributed by atoms with Crippen LogP contribution in [0.4, 0.5) is 0 Å². The Labute approximate surface area is 334 Å². The van der Waals surface area contributed by atoms with Crippen molar-refractivity contribution < 1.29 is 8.83 Å². The van der Waals surface area contributed by atoms with E-state index in [9.17, 15) is 0 Å². The summed E-state index contributed by atoms with van der Waals surface area (Å²) in [5.74, 6) is 4.89. The van der Waals surface area contributed by atoms with E-state index in [4.69, 9.17) is 23.8 Å². The van der Waals surface area contributed by atoms with Crippen molar-refractivity contribution in [3.63, 3.8) is 0 Å². The van der Waals surface area contributed by atoms with Gasteiger partial charge < -0.3 is 8.83 Å². The zero-order valence-electron chi connectivity index (χ0n) is 31.8. The van der Waals surface area contributed by atoms with E-state index in [1.54, 1.807) is 0 Å². The van der Waals surface area contributed by atoms with Crippen LogP contribution in [0.15, 0.2) is 148 Å². The summed E-state index contributed by atoms with van der Waals surface area (Å²) < 4.78 is 13.0. The molecule has 4 saturated carbocycles. The predicted molar refractivity (Wildman–Crippen MR) is 231 cm³/mol. The van der Waals surface area contributed by atoms with Gasteiger partial charge in [-0.05, 0) is 113 Å². The third-order valence-corrected chi connectivity index (χ3v) is 14.7. The average Bonchev–Trinajstić information content (AvgIpc) is 3.94. The summed E-state index contributed by atoms with van der Waals surface area (Å²) in [6, 6.07) is 49.8. The van der Waals surface area contributed by atoms with Crippen LogP contribution in [0.1, 0.15) is 43.2 Å². The predicted octanol–water partition coefficient (Wildman–Crippen LogP) is 13.5. The third kappa shape index (κ3) is 4.03. The van der Waals surface area contributed by atoms with Gasteiger partial charge in [0.2, 0.25) is 0 Å². The first-order chi connectivity index (χ1) is 28.7. The Kier molecular flexibility index (Phi) is 6.13. The fourth-order valence-electron chi connectivity index (χ4n) is 12.8. The van der Waals surface area contributed by atoms with E-state index in [0.717, 1.165) is 72.4 Å². The topological polar surface area (TPSA) is 65.0 Å². The number of fused-ring (bicyclic) bond motifs is 11. The number of hydrogen-bond acceptors (Lipinski definition) is 5. The fraction of sp³-hybridized carbons (Fsp3) is 0.189. The van der Waals surface area contributed by atoms with Gasteiger partial charge in [0.15, 0.2) is 17.5 Å². The second kappa shape index (κ2) is 11.3. The SMILES string of the molecule is c1cc(-c2nc(-c3cccc4c3oc3ccccc34)nc(-c3cccc4oc5ccccc5c34)n2)c2c(c1)C1(c3ccc4ccccc4c3-2)C2CC3CC(C2)CC1C3. The van der Waals surface area contributed by atoms with E-state index in [1.165, 1.54) is 65.1 Å². The highest BCUT2D eigenvalue weighted by atomic mass is 16.3. The van der Waals surface area contributed by atoms with Crippen molar-refractivity contribution in [1.29, 1.82) is 0 Å². The molecule has 5 aliphatic carbocycles. The zero-order valence-corrected chi connectivity index (χ0v) is 31.8. The smallest absolute Gasteiger partial charge is 0.167 e. The normalized spacial score (nSPS) is 22.9. The van der Waals surface area contributed by atoms with Gasteiger partial charge in [-0.1, -0.05) is 115 Å². The molecule has 5 heteroatoms. The van der Waals surface area contributed by atoms with Gasteiger partial charge in [0, 0.05) is 38.1 Å². The molecule has 0 saturated heterocycles. The van der Waals surface area contributed by atoms with E-state index in [1.807, 2.05) is 36.4 Å². The van der Waals surface area contributed by atoms with Gasteiger partial charge in [0.05, 0.1) is 5.56 Å². The van der Waals surface area contributed by atoms with Crippen molar-refractivity contribution >= 4 is 54.6 Å². The summed E-state index contributed by atoms with van der Waals surface area (Å²) in [4.78, 5) is 16.4. The molecule has 10 aromatic rings. The highest BCUT2D eigenvalue weighted by Gasteiger charge is 2.62. The lowest BCUT2D eigenvalue weighted by atomic mass is 9.43. The largest absolute Gasteiger partial charge is 0.456 e. The number of hydrogen-bond donors (Lipinski definition) is 0. The molecular weight excluding hydrogens is 711 g/mol. The second-order valence-electron chi connectivity index (χ2n) is 17.5. The molecule has 15 rings (SSSR count). The van der Waals surface area contributed by atoms with Crippen LogP contribution >= 0.6 is 0 Å². The monoisotopic (exact) mass is 747 g/mol. The molecule has 0 unspecified atom stereocenters. The summed E-state index contributed by atoms with van der Waals surface area (Å²) in [5, 5.41) is 6.76. The fourth-order valence-corrected chi connectivity index (χ4v) is 12.8. The molecule has 0 aliphatic heterocycles. The first-order valence-electron chi connectivity index (χ1n) is 20.9. The molecule has 0 N–H and O–H groups in total. The van der Waals surface area contributed by atoms with E-state index in [-0.39, 0.29) is 5.41 Å². The molecule has 276 valence electrons. The minimum Gasteiger partial charge on any atom is -0.456 e. The van der Waals surface area contributed by atoms with Crippen molar-refractivity contribution in [2.45, 2.75) is 37.5 Å². The van der Waals surface area contributed by atoms with Crippen LogP contribution in [0.2, 0.25) is 0 Å². The van der Waals surface area contributed by atoms with Gasteiger partial charge in [-0.3, -0.25) is 0 Å². The van der Waals surface area contributed by atoms with E-state index >= 15 is 0 Å².